The summed E-state index contributed by atoms with van der Waals surface area (Å²) in [6.45, 7) is 5.45. The van der Waals surface area contributed by atoms with Gasteiger partial charge in [0, 0.05) is 59.4 Å². The summed E-state index contributed by atoms with van der Waals surface area (Å²) in [6, 6.07) is 9.57. The zero-order valence-corrected chi connectivity index (χ0v) is 19.1. The maximum absolute atomic E-state index is 15.6. The van der Waals surface area contributed by atoms with Gasteiger partial charge in [-0.1, -0.05) is 18.2 Å². The molecule has 1 fully saturated rings. The molecule has 0 aliphatic carbocycles. The van der Waals surface area contributed by atoms with E-state index in [1.54, 1.807) is 4.90 Å². The molecule has 0 radical (unpaired) electrons. The number of halogens is 4. The fourth-order valence-electron chi connectivity index (χ4n) is 5.39. The number of aromatic amines is 1. The van der Waals surface area contributed by atoms with Gasteiger partial charge in [0.05, 0.1) is 12.7 Å². The Balaban J connectivity index is 1.63. The molecule has 2 atom stereocenters. The van der Waals surface area contributed by atoms with Crippen LogP contribution >= 0.6 is 0 Å². The van der Waals surface area contributed by atoms with Crippen LogP contribution in [-0.4, -0.2) is 47.9 Å². The molecule has 33 heavy (non-hydrogen) atoms. The number of alkyl halides is 2. The van der Waals surface area contributed by atoms with Gasteiger partial charge in [0.25, 0.3) is 0 Å². The minimum atomic E-state index is -1.54. The average molecular weight is 460 g/mol. The van der Waals surface area contributed by atoms with Gasteiger partial charge in [-0.15, -0.1) is 0 Å². The van der Waals surface area contributed by atoms with Crippen molar-refractivity contribution in [3.63, 3.8) is 0 Å². The lowest BCUT2D eigenvalue weighted by Crippen LogP contribution is -2.49. The molecular weight excluding hydrogens is 430 g/mol. The van der Waals surface area contributed by atoms with E-state index in [2.05, 4.69) is 4.98 Å². The highest BCUT2D eigenvalue weighted by molar-refractivity contribution is 5.85. The molecule has 0 spiro atoms. The summed E-state index contributed by atoms with van der Waals surface area (Å²) in [5.41, 5.74) is 1.43. The van der Waals surface area contributed by atoms with Crippen LogP contribution < -0.4 is 4.90 Å². The number of nitrogens with zero attached hydrogens (tertiary/aromatic N) is 2. The van der Waals surface area contributed by atoms with Gasteiger partial charge in [0.15, 0.2) is 0 Å². The molecule has 0 saturated carbocycles. The molecule has 2 aliphatic rings. The van der Waals surface area contributed by atoms with Crippen LogP contribution in [0.5, 0.6) is 0 Å². The molecule has 176 valence electrons. The maximum Gasteiger partial charge on any atom is 0.133 e. The van der Waals surface area contributed by atoms with Crippen LogP contribution in [0.25, 0.3) is 10.9 Å². The Bertz CT molecular complexity index is 1150. The molecule has 7 heteroatoms. The molecule has 3 heterocycles. The van der Waals surface area contributed by atoms with Crippen LogP contribution in [0.4, 0.5) is 23.2 Å². The summed E-state index contributed by atoms with van der Waals surface area (Å²) in [5.74, 6) is -1.43. The number of hydrogen-bond donors (Lipinski definition) is 1. The lowest BCUT2D eigenvalue weighted by Gasteiger charge is -2.43. The largest absolute Gasteiger partial charge is 0.370 e. The monoisotopic (exact) mass is 459 g/mol. The Kier molecular flexibility index (Phi) is 5.43. The van der Waals surface area contributed by atoms with E-state index in [1.165, 1.54) is 26.0 Å². The van der Waals surface area contributed by atoms with Crippen LogP contribution in [-0.2, 0) is 6.42 Å². The molecule has 1 saturated heterocycles. The van der Waals surface area contributed by atoms with E-state index >= 15 is 8.78 Å². The van der Waals surface area contributed by atoms with Gasteiger partial charge in [-0.3, -0.25) is 9.29 Å². The first-order valence-corrected chi connectivity index (χ1v) is 11.5. The van der Waals surface area contributed by atoms with E-state index in [1.807, 2.05) is 36.1 Å². The van der Waals surface area contributed by atoms with Crippen molar-refractivity contribution in [2.45, 2.75) is 44.9 Å². The van der Waals surface area contributed by atoms with Gasteiger partial charge in [-0.05, 0) is 51.0 Å². The summed E-state index contributed by atoms with van der Waals surface area (Å²) in [6.07, 6.45) is 0.658. The first-order chi connectivity index (χ1) is 15.7. The Morgan fingerprint density at radius 1 is 1.09 bits per heavy atom. The predicted octanol–water partition coefficient (Wildman–Crippen LogP) is 5.94. The summed E-state index contributed by atoms with van der Waals surface area (Å²) in [7, 11) is 0. The van der Waals surface area contributed by atoms with E-state index in [-0.39, 0.29) is 24.1 Å². The minimum Gasteiger partial charge on any atom is -0.370 e. The normalized spacial score (nSPS) is 22.0. The molecule has 0 bridgehead atoms. The highest BCUT2D eigenvalue weighted by Crippen LogP contribution is 2.44. The van der Waals surface area contributed by atoms with Crippen molar-refractivity contribution in [3.8, 4) is 0 Å². The topological polar surface area (TPSA) is 22.3 Å². The average Bonchev–Trinajstić information content (AvgIpc) is 3.06. The number of H-pyrrole nitrogens is 1. The van der Waals surface area contributed by atoms with Crippen molar-refractivity contribution in [2.24, 2.45) is 5.92 Å². The van der Waals surface area contributed by atoms with E-state index < -0.39 is 30.0 Å². The van der Waals surface area contributed by atoms with Gasteiger partial charge in [-0.25, -0.2) is 13.2 Å². The third-order valence-electron chi connectivity index (χ3n) is 6.95. The molecule has 0 unspecified atom stereocenters. The van der Waals surface area contributed by atoms with Crippen LogP contribution in [0.1, 0.15) is 43.6 Å². The predicted molar refractivity (Wildman–Crippen MR) is 123 cm³/mol. The van der Waals surface area contributed by atoms with E-state index in [0.29, 0.717) is 30.9 Å². The van der Waals surface area contributed by atoms with Gasteiger partial charge < -0.3 is 9.88 Å². The fraction of sp³-hybridized carbons (Fsp3) is 0.462. The van der Waals surface area contributed by atoms with Crippen molar-refractivity contribution in [3.05, 3.63) is 64.9 Å². The Morgan fingerprint density at radius 2 is 1.76 bits per heavy atom. The molecule has 0 amide bonds. The standard InChI is InChI=1S/C26H29F4N3/c1-15-8-19-18-6-4-5-7-22(18)31-24(19)25(33(15)14-26(2,3)30)23-20(28)9-17(10-21(23)29)32-12-16(11-27)13-32/h4-7,9-10,15-16,25,31H,8,11-14H2,1-3H3/t15-,25-/m1/s1. The summed E-state index contributed by atoms with van der Waals surface area (Å²) < 4.78 is 58.9. The minimum absolute atomic E-state index is 0.0403. The Morgan fingerprint density at radius 3 is 2.39 bits per heavy atom. The van der Waals surface area contributed by atoms with Crippen molar-refractivity contribution in [1.29, 1.82) is 0 Å². The zero-order valence-electron chi connectivity index (χ0n) is 19.1. The third-order valence-corrected chi connectivity index (χ3v) is 6.95. The highest BCUT2D eigenvalue weighted by Gasteiger charge is 2.41. The van der Waals surface area contributed by atoms with Gasteiger partial charge >= 0.3 is 0 Å². The lowest BCUT2D eigenvalue weighted by molar-refractivity contribution is 0.0643. The van der Waals surface area contributed by atoms with Crippen molar-refractivity contribution in [2.75, 3.05) is 31.2 Å². The summed E-state index contributed by atoms with van der Waals surface area (Å²) >= 11 is 0. The molecule has 1 N–H and O–H groups in total. The lowest BCUT2D eigenvalue weighted by atomic mass is 9.87. The second kappa shape index (κ2) is 8.05. The van der Waals surface area contributed by atoms with Crippen molar-refractivity contribution >= 4 is 16.6 Å². The van der Waals surface area contributed by atoms with Gasteiger partial charge in [0.1, 0.15) is 17.3 Å². The molecule has 3 nitrogen and oxygen atoms in total. The molecule has 2 aliphatic heterocycles. The van der Waals surface area contributed by atoms with Crippen molar-refractivity contribution < 1.29 is 17.6 Å². The molecule has 5 rings (SSSR count). The SMILES string of the molecule is C[C@@H]1Cc2c([nH]c3ccccc23)[C@@H](c2c(F)cc(N3CC(CF)C3)cc2F)N1CC(C)(C)F. The van der Waals surface area contributed by atoms with Gasteiger partial charge in [0.2, 0.25) is 0 Å². The molecule has 2 aromatic carbocycles. The van der Waals surface area contributed by atoms with Gasteiger partial charge in [-0.2, -0.15) is 0 Å². The Labute approximate surface area is 191 Å². The first-order valence-electron chi connectivity index (χ1n) is 11.5. The second-order valence-electron chi connectivity index (χ2n) is 10.2. The number of hydrogen-bond acceptors (Lipinski definition) is 2. The van der Waals surface area contributed by atoms with Crippen LogP contribution in [0, 0.1) is 17.6 Å². The second-order valence-corrected chi connectivity index (χ2v) is 10.2. The van der Waals surface area contributed by atoms with Crippen LogP contribution in [0.3, 0.4) is 0 Å². The summed E-state index contributed by atoms with van der Waals surface area (Å²) in [5, 5.41) is 1.03. The maximum atomic E-state index is 15.6. The number of fused-ring (bicyclic) bond motifs is 3. The van der Waals surface area contributed by atoms with E-state index in [4.69, 9.17) is 0 Å². The molecule has 1 aromatic heterocycles. The van der Waals surface area contributed by atoms with E-state index in [9.17, 15) is 8.78 Å². The number of para-hydroxylation sites is 1. The first kappa shape index (κ1) is 22.3. The van der Waals surface area contributed by atoms with Crippen LogP contribution in [0.15, 0.2) is 36.4 Å². The number of anilines is 1. The highest BCUT2D eigenvalue weighted by atomic mass is 19.1. The number of nitrogens with one attached hydrogen (secondary N) is 1. The quantitative estimate of drug-likeness (QED) is 0.478. The number of rotatable bonds is 5. The van der Waals surface area contributed by atoms with Crippen LogP contribution in [0.2, 0.25) is 0 Å². The van der Waals surface area contributed by atoms with Crippen molar-refractivity contribution in [1.82, 2.24) is 9.88 Å². The third kappa shape index (κ3) is 3.90. The summed E-state index contributed by atoms with van der Waals surface area (Å²) in [4.78, 5) is 7.02. The van der Waals surface area contributed by atoms with E-state index in [0.717, 1.165) is 16.5 Å². The number of benzene rings is 2. The molecule has 3 aromatic rings. The number of aromatic nitrogens is 1. The molecular formula is C26H29F4N3. The smallest absolute Gasteiger partial charge is 0.133 e. The Hall–Kier alpha value is -2.54. The fourth-order valence-corrected chi connectivity index (χ4v) is 5.39. The zero-order chi connectivity index (χ0) is 23.5.